The molecule has 0 rings (SSSR count). The third-order valence-electron chi connectivity index (χ3n) is 0.496. The zero-order chi connectivity index (χ0) is 4.83. The Kier molecular flexibility index (Phi) is 14.2. The Bertz CT molecular complexity index is 52.6. The number of rotatable bonds is 1. The summed E-state index contributed by atoms with van der Waals surface area (Å²) in [7, 11) is 0. The van der Waals surface area contributed by atoms with Crippen molar-refractivity contribution in [1.82, 2.24) is 0 Å². The van der Waals surface area contributed by atoms with Gasteiger partial charge >= 0.3 is 0 Å². The SMILES string of the molecule is CC=CC=CC.[Hf]. The minimum absolute atomic E-state index is 0. The molecule has 1 heteroatoms. The second-order valence-electron chi connectivity index (χ2n) is 1.05. The van der Waals surface area contributed by atoms with E-state index in [9.17, 15) is 0 Å². The number of allylic oxidation sites excluding steroid dienone is 4. The van der Waals surface area contributed by atoms with E-state index < -0.39 is 0 Å². The van der Waals surface area contributed by atoms with Gasteiger partial charge in [-0.2, -0.15) is 0 Å². The van der Waals surface area contributed by atoms with Gasteiger partial charge in [0.1, 0.15) is 0 Å². The van der Waals surface area contributed by atoms with Gasteiger partial charge in [-0.25, -0.2) is 0 Å². The first kappa shape index (κ1) is 10.4. The van der Waals surface area contributed by atoms with Gasteiger partial charge in [-0.3, -0.25) is 0 Å². The van der Waals surface area contributed by atoms with Crippen LogP contribution in [0.5, 0.6) is 0 Å². The maximum Gasteiger partial charge on any atom is 0 e. The van der Waals surface area contributed by atoms with Gasteiger partial charge in [0.2, 0.25) is 0 Å². The molecule has 0 aromatic heterocycles. The van der Waals surface area contributed by atoms with Gasteiger partial charge in [-0.15, -0.1) is 0 Å². The fraction of sp³-hybridized carbons (Fsp3) is 0.333. The maximum atomic E-state index is 2.00. The summed E-state index contributed by atoms with van der Waals surface area (Å²) in [5, 5.41) is 0. The van der Waals surface area contributed by atoms with Crippen molar-refractivity contribution in [3.63, 3.8) is 0 Å². The molecule has 0 amide bonds. The molecule has 0 N–H and O–H groups in total. The van der Waals surface area contributed by atoms with Crippen LogP contribution in [0.3, 0.4) is 0 Å². The third kappa shape index (κ3) is 10.7. The molecule has 0 saturated carbocycles. The van der Waals surface area contributed by atoms with Crippen molar-refractivity contribution in [1.29, 1.82) is 0 Å². The van der Waals surface area contributed by atoms with Crippen LogP contribution in [0.1, 0.15) is 13.8 Å². The largest absolute Gasteiger partial charge is 0.0877 e. The summed E-state index contributed by atoms with van der Waals surface area (Å²) < 4.78 is 0. The van der Waals surface area contributed by atoms with Crippen LogP contribution in [-0.2, 0) is 25.8 Å². The molecule has 0 nitrogen and oxygen atoms in total. The summed E-state index contributed by atoms with van der Waals surface area (Å²) in [5.41, 5.74) is 0. The normalized spacial score (nSPS) is 10.0. The summed E-state index contributed by atoms with van der Waals surface area (Å²) in [5.74, 6) is 0. The molecule has 0 saturated heterocycles. The molecule has 0 unspecified atom stereocenters. The average molecular weight is 261 g/mol. The van der Waals surface area contributed by atoms with E-state index in [0.717, 1.165) is 0 Å². The van der Waals surface area contributed by atoms with Crippen LogP contribution in [0.25, 0.3) is 0 Å². The summed E-state index contributed by atoms with van der Waals surface area (Å²) in [6.45, 7) is 4.00. The van der Waals surface area contributed by atoms with Crippen molar-refractivity contribution < 1.29 is 25.8 Å². The standard InChI is InChI=1S/C6H10.Hf/c1-3-5-6-4-2;/h3-6H,1-2H3;. The Morgan fingerprint density at radius 3 is 1.29 bits per heavy atom. The van der Waals surface area contributed by atoms with Gasteiger partial charge in [-0.05, 0) is 13.8 Å². The van der Waals surface area contributed by atoms with Crippen molar-refractivity contribution >= 4 is 0 Å². The van der Waals surface area contributed by atoms with Gasteiger partial charge in [0.05, 0.1) is 0 Å². The Balaban J connectivity index is 0. The topological polar surface area (TPSA) is 0 Å². The second-order valence-corrected chi connectivity index (χ2v) is 1.05. The van der Waals surface area contributed by atoms with Gasteiger partial charge < -0.3 is 0 Å². The fourth-order valence-corrected chi connectivity index (χ4v) is 0.222. The Morgan fingerprint density at radius 2 is 1.14 bits per heavy atom. The van der Waals surface area contributed by atoms with E-state index in [1.165, 1.54) is 0 Å². The third-order valence-corrected chi connectivity index (χ3v) is 0.496. The second kappa shape index (κ2) is 9.61. The first-order valence-electron chi connectivity index (χ1n) is 2.15. The minimum Gasteiger partial charge on any atom is -0.0877 e. The first-order valence-corrected chi connectivity index (χ1v) is 2.15. The summed E-state index contributed by atoms with van der Waals surface area (Å²) >= 11 is 0. The Morgan fingerprint density at radius 1 is 0.857 bits per heavy atom. The molecule has 0 aliphatic carbocycles. The van der Waals surface area contributed by atoms with Crippen LogP contribution in [0.2, 0.25) is 0 Å². The molecule has 0 heterocycles. The molecule has 0 radical (unpaired) electrons. The van der Waals surface area contributed by atoms with E-state index in [1.807, 2.05) is 38.2 Å². The van der Waals surface area contributed by atoms with Crippen LogP contribution in [0, 0.1) is 0 Å². The van der Waals surface area contributed by atoms with Crippen molar-refractivity contribution in [2.24, 2.45) is 0 Å². The number of hydrogen-bond acceptors (Lipinski definition) is 0. The van der Waals surface area contributed by atoms with Crippen LogP contribution in [0.15, 0.2) is 24.3 Å². The van der Waals surface area contributed by atoms with E-state index >= 15 is 0 Å². The molecular formula is C6H10Hf. The molecule has 38 valence electrons. The number of hydrogen-bond donors (Lipinski definition) is 0. The van der Waals surface area contributed by atoms with Crippen molar-refractivity contribution in [2.75, 3.05) is 0 Å². The Labute approximate surface area is 64.1 Å². The first-order chi connectivity index (χ1) is 2.91. The molecule has 0 aliphatic rings. The summed E-state index contributed by atoms with van der Waals surface area (Å²) in [4.78, 5) is 0. The minimum atomic E-state index is 0. The van der Waals surface area contributed by atoms with Gasteiger partial charge in [0.15, 0.2) is 0 Å². The van der Waals surface area contributed by atoms with Crippen LogP contribution >= 0.6 is 0 Å². The van der Waals surface area contributed by atoms with Crippen molar-refractivity contribution in [2.45, 2.75) is 13.8 Å². The van der Waals surface area contributed by atoms with Gasteiger partial charge in [0, 0.05) is 25.8 Å². The smallest absolute Gasteiger partial charge is 0 e. The molecule has 0 fully saturated rings. The molecule has 0 aromatic carbocycles. The predicted octanol–water partition coefficient (Wildman–Crippen LogP) is 2.14. The van der Waals surface area contributed by atoms with Gasteiger partial charge in [0.25, 0.3) is 0 Å². The molecular weight excluding hydrogens is 251 g/mol. The quantitative estimate of drug-likeness (QED) is 0.501. The van der Waals surface area contributed by atoms with Crippen molar-refractivity contribution in [3.8, 4) is 0 Å². The molecule has 0 atom stereocenters. The molecule has 0 aliphatic heterocycles. The van der Waals surface area contributed by atoms with Crippen LogP contribution in [0.4, 0.5) is 0 Å². The average Bonchev–Trinajstić information content (AvgIpc) is 1.61. The fourth-order valence-electron chi connectivity index (χ4n) is 0.222. The maximum absolute atomic E-state index is 2.00. The molecule has 0 bridgehead atoms. The van der Waals surface area contributed by atoms with Crippen molar-refractivity contribution in [3.05, 3.63) is 24.3 Å². The monoisotopic (exact) mass is 262 g/mol. The van der Waals surface area contributed by atoms with E-state index in [-0.39, 0.29) is 25.8 Å². The summed E-state index contributed by atoms with van der Waals surface area (Å²) in [6, 6.07) is 0. The van der Waals surface area contributed by atoms with E-state index in [4.69, 9.17) is 0 Å². The Hall–Kier alpha value is 0.350. The zero-order valence-corrected chi connectivity index (χ0v) is 8.40. The molecule has 0 spiro atoms. The molecule has 7 heavy (non-hydrogen) atoms. The van der Waals surface area contributed by atoms with Crippen LogP contribution in [-0.4, -0.2) is 0 Å². The zero-order valence-electron chi connectivity index (χ0n) is 4.81. The van der Waals surface area contributed by atoms with Crippen LogP contribution < -0.4 is 0 Å². The van der Waals surface area contributed by atoms with Gasteiger partial charge in [-0.1, -0.05) is 24.3 Å². The summed E-state index contributed by atoms with van der Waals surface area (Å²) in [6.07, 6.45) is 8.00. The van der Waals surface area contributed by atoms with E-state index in [0.29, 0.717) is 0 Å². The van der Waals surface area contributed by atoms with E-state index in [1.54, 1.807) is 0 Å². The predicted molar refractivity (Wildman–Crippen MR) is 29.6 cm³/mol. The van der Waals surface area contributed by atoms with E-state index in [2.05, 4.69) is 0 Å². The molecule has 0 aromatic rings.